The molecule has 252 valence electrons. The van der Waals surface area contributed by atoms with Crippen molar-refractivity contribution in [3.63, 3.8) is 0 Å². The van der Waals surface area contributed by atoms with E-state index < -0.39 is 32.5 Å². The van der Waals surface area contributed by atoms with Crippen molar-refractivity contribution in [2.45, 2.75) is 148 Å². The van der Waals surface area contributed by atoms with Crippen LogP contribution in [0.15, 0.2) is 24.3 Å². The van der Waals surface area contributed by atoms with Gasteiger partial charge in [0.25, 0.3) is 0 Å². The summed E-state index contributed by atoms with van der Waals surface area (Å²) in [5.74, 6) is -0.876. The van der Waals surface area contributed by atoms with Gasteiger partial charge in [0.15, 0.2) is 6.10 Å². The van der Waals surface area contributed by atoms with E-state index >= 15 is 0 Å². The van der Waals surface area contributed by atoms with Gasteiger partial charge in [0.05, 0.1) is 13.2 Å². The standard InChI is InChI=1S/C33H62NO8P/c1-3-5-7-9-11-12-13-14-15-16-17-18-20-21-23-25-32(35)39-29-31(30-41-43(37,38)40-28-27-34)42-33(36)26-24-22-19-10-8-6-4-2/h14-15,17-18,31H,3-13,16,19-30,34H2,1-2H3,(H,37,38)/b15-14+,18-17+/t31-/m0/s1. The van der Waals surface area contributed by atoms with Crippen LogP contribution in [-0.4, -0.2) is 49.3 Å². The summed E-state index contributed by atoms with van der Waals surface area (Å²) >= 11 is 0. The second-order valence-corrected chi connectivity index (χ2v) is 12.5. The first-order valence-corrected chi connectivity index (χ1v) is 18.3. The quantitative estimate of drug-likeness (QED) is 0.0334. The normalized spacial score (nSPS) is 13.9. The predicted molar refractivity (Wildman–Crippen MR) is 174 cm³/mol. The number of hydrogen-bond donors (Lipinski definition) is 2. The Morgan fingerprint density at radius 2 is 1.21 bits per heavy atom. The number of ether oxygens (including phenoxy) is 2. The first-order chi connectivity index (χ1) is 20.8. The van der Waals surface area contributed by atoms with Gasteiger partial charge in [0.1, 0.15) is 6.61 Å². The number of nitrogens with two attached hydrogens (primary N) is 1. The fourth-order valence-corrected chi connectivity index (χ4v) is 5.07. The van der Waals surface area contributed by atoms with Crippen molar-refractivity contribution < 1.29 is 37.6 Å². The molecule has 0 fully saturated rings. The Hall–Kier alpha value is -1.51. The monoisotopic (exact) mass is 631 g/mol. The molecule has 0 bridgehead atoms. The van der Waals surface area contributed by atoms with Crippen LogP contribution in [0.2, 0.25) is 0 Å². The zero-order valence-corrected chi connectivity index (χ0v) is 28.1. The van der Waals surface area contributed by atoms with Gasteiger partial charge in [-0.25, -0.2) is 4.57 Å². The Morgan fingerprint density at radius 1 is 0.698 bits per heavy atom. The van der Waals surface area contributed by atoms with Crippen molar-refractivity contribution in [3.8, 4) is 0 Å². The van der Waals surface area contributed by atoms with Crippen LogP contribution in [0, 0.1) is 0 Å². The van der Waals surface area contributed by atoms with Gasteiger partial charge in [-0.15, -0.1) is 0 Å². The number of carbonyl (C=O) groups is 2. The van der Waals surface area contributed by atoms with Gasteiger partial charge >= 0.3 is 19.8 Å². The molecule has 2 atom stereocenters. The van der Waals surface area contributed by atoms with Gasteiger partial charge in [-0.1, -0.05) is 109 Å². The number of rotatable bonds is 31. The summed E-state index contributed by atoms with van der Waals surface area (Å²) in [7, 11) is -4.36. The summed E-state index contributed by atoms with van der Waals surface area (Å²) in [6.45, 7) is 3.61. The van der Waals surface area contributed by atoms with E-state index in [0.717, 1.165) is 44.9 Å². The molecule has 0 heterocycles. The summed E-state index contributed by atoms with van der Waals surface area (Å²) in [5, 5.41) is 0. The molecule has 0 aliphatic rings. The Kier molecular flexibility index (Phi) is 29.4. The highest BCUT2D eigenvalue weighted by molar-refractivity contribution is 7.47. The SMILES string of the molecule is CCCCCCCC/C=C/C/C=C/CCCCC(=O)OC[C@@H](COP(=O)(O)OCCN)OC(=O)CCCCCCCCC. The molecule has 0 aromatic rings. The van der Waals surface area contributed by atoms with Gasteiger partial charge < -0.3 is 20.1 Å². The molecule has 0 aromatic heterocycles. The average Bonchev–Trinajstić information content (AvgIpc) is 2.99. The van der Waals surface area contributed by atoms with Crippen molar-refractivity contribution in [2.24, 2.45) is 5.73 Å². The average molecular weight is 632 g/mol. The smallest absolute Gasteiger partial charge is 0.462 e. The third-order valence-corrected chi connectivity index (χ3v) is 7.82. The van der Waals surface area contributed by atoms with Gasteiger partial charge in [0, 0.05) is 19.4 Å². The molecule has 0 aromatic carbocycles. The zero-order chi connectivity index (χ0) is 31.9. The van der Waals surface area contributed by atoms with Crippen molar-refractivity contribution in [1.82, 2.24) is 0 Å². The Balaban J connectivity index is 4.28. The van der Waals surface area contributed by atoms with Crippen LogP contribution in [0.25, 0.3) is 0 Å². The van der Waals surface area contributed by atoms with Crippen molar-refractivity contribution in [1.29, 1.82) is 0 Å². The summed E-state index contributed by atoms with van der Waals surface area (Å²) in [5.41, 5.74) is 5.30. The second kappa shape index (κ2) is 30.5. The number of hydrogen-bond acceptors (Lipinski definition) is 8. The highest BCUT2D eigenvalue weighted by Gasteiger charge is 2.25. The van der Waals surface area contributed by atoms with E-state index in [0.29, 0.717) is 12.8 Å². The molecule has 0 radical (unpaired) electrons. The molecular weight excluding hydrogens is 569 g/mol. The summed E-state index contributed by atoms with van der Waals surface area (Å²) < 4.78 is 32.4. The third-order valence-electron chi connectivity index (χ3n) is 6.84. The van der Waals surface area contributed by atoms with E-state index in [9.17, 15) is 19.0 Å². The van der Waals surface area contributed by atoms with E-state index in [-0.39, 0.29) is 32.6 Å². The second-order valence-electron chi connectivity index (χ2n) is 11.0. The molecule has 0 saturated heterocycles. The Labute approximate surface area is 261 Å². The third kappa shape index (κ3) is 30.3. The minimum atomic E-state index is -4.36. The maximum absolute atomic E-state index is 12.4. The summed E-state index contributed by atoms with van der Waals surface area (Å²) in [6, 6.07) is 0. The fraction of sp³-hybridized carbons (Fsp3) is 0.818. The first kappa shape index (κ1) is 41.5. The van der Waals surface area contributed by atoms with Crippen LogP contribution in [-0.2, 0) is 32.7 Å². The molecule has 0 amide bonds. The number of esters is 2. The lowest BCUT2D eigenvalue weighted by Crippen LogP contribution is -2.29. The number of unbranched alkanes of at least 4 members (excludes halogenated alkanes) is 14. The van der Waals surface area contributed by atoms with E-state index in [1.807, 2.05) is 0 Å². The summed E-state index contributed by atoms with van der Waals surface area (Å²) in [6.07, 6.45) is 28.1. The van der Waals surface area contributed by atoms with Crippen molar-refractivity contribution in [3.05, 3.63) is 24.3 Å². The van der Waals surface area contributed by atoms with E-state index in [1.165, 1.54) is 57.8 Å². The lowest BCUT2D eigenvalue weighted by Gasteiger charge is -2.19. The number of phosphoric acid groups is 1. The first-order valence-electron chi connectivity index (χ1n) is 16.8. The highest BCUT2D eigenvalue weighted by atomic mass is 31.2. The van der Waals surface area contributed by atoms with Gasteiger partial charge in [-0.2, -0.15) is 0 Å². The van der Waals surface area contributed by atoms with Crippen LogP contribution in [0.5, 0.6) is 0 Å². The van der Waals surface area contributed by atoms with E-state index in [1.54, 1.807) is 0 Å². The predicted octanol–water partition coefficient (Wildman–Crippen LogP) is 8.49. The van der Waals surface area contributed by atoms with Crippen LogP contribution in [0.1, 0.15) is 142 Å². The Morgan fingerprint density at radius 3 is 1.81 bits per heavy atom. The molecule has 0 saturated carbocycles. The molecule has 0 aliphatic carbocycles. The molecular formula is C33H62NO8P. The fourth-order valence-electron chi connectivity index (χ4n) is 4.31. The molecule has 0 rings (SSSR count). The summed E-state index contributed by atoms with van der Waals surface area (Å²) in [4.78, 5) is 34.4. The molecule has 0 aliphatic heterocycles. The Bertz CT molecular complexity index is 774. The van der Waals surface area contributed by atoms with E-state index in [2.05, 4.69) is 38.2 Å². The largest absolute Gasteiger partial charge is 0.472 e. The maximum atomic E-state index is 12.4. The number of carbonyl (C=O) groups excluding carboxylic acids is 2. The van der Waals surface area contributed by atoms with Gasteiger partial charge in [0.2, 0.25) is 0 Å². The highest BCUT2D eigenvalue weighted by Crippen LogP contribution is 2.43. The van der Waals surface area contributed by atoms with Gasteiger partial charge in [-0.05, 0) is 44.9 Å². The molecule has 3 N–H and O–H groups in total. The lowest BCUT2D eigenvalue weighted by molar-refractivity contribution is -0.161. The van der Waals surface area contributed by atoms with E-state index in [4.69, 9.17) is 24.3 Å². The number of phosphoric ester groups is 1. The minimum Gasteiger partial charge on any atom is -0.462 e. The number of allylic oxidation sites excluding steroid dienone is 4. The van der Waals surface area contributed by atoms with Crippen LogP contribution in [0.4, 0.5) is 0 Å². The zero-order valence-electron chi connectivity index (χ0n) is 27.2. The molecule has 0 spiro atoms. The molecule has 1 unspecified atom stereocenters. The van der Waals surface area contributed by atoms with Crippen LogP contribution in [0.3, 0.4) is 0 Å². The lowest BCUT2D eigenvalue weighted by atomic mass is 10.1. The van der Waals surface area contributed by atoms with Crippen LogP contribution >= 0.6 is 7.82 Å². The molecule has 43 heavy (non-hydrogen) atoms. The van der Waals surface area contributed by atoms with Crippen molar-refractivity contribution in [2.75, 3.05) is 26.4 Å². The molecule has 9 nitrogen and oxygen atoms in total. The van der Waals surface area contributed by atoms with Crippen molar-refractivity contribution >= 4 is 19.8 Å². The minimum absolute atomic E-state index is 0.0501. The van der Waals surface area contributed by atoms with Gasteiger partial charge in [-0.3, -0.25) is 18.6 Å². The van der Waals surface area contributed by atoms with Crippen LogP contribution < -0.4 is 5.73 Å². The molecule has 10 heteroatoms. The maximum Gasteiger partial charge on any atom is 0.472 e. The topological polar surface area (TPSA) is 134 Å².